The van der Waals surface area contributed by atoms with Gasteiger partial charge in [-0.25, -0.2) is 4.79 Å². The summed E-state index contributed by atoms with van der Waals surface area (Å²) in [7, 11) is 5.24. The number of aliphatic carboxylic acids is 1. The first-order valence-corrected chi connectivity index (χ1v) is 16.8. The molecule has 0 saturated carbocycles. The van der Waals surface area contributed by atoms with Crippen molar-refractivity contribution in [3.8, 4) is 0 Å². The second kappa shape index (κ2) is 17.9. The number of rotatable bonds is 17. The Morgan fingerprint density at radius 3 is 2.10 bits per heavy atom. The molecule has 0 spiro atoms. The van der Waals surface area contributed by atoms with Crippen LogP contribution < -0.4 is 16.0 Å². The lowest BCUT2D eigenvalue weighted by molar-refractivity contribution is -0.142. The van der Waals surface area contributed by atoms with Crippen LogP contribution in [-0.4, -0.2) is 120 Å². The third kappa shape index (κ3) is 11.5. The first-order chi connectivity index (χ1) is 23.2. The van der Waals surface area contributed by atoms with Gasteiger partial charge in [-0.3, -0.25) is 38.6 Å². The summed E-state index contributed by atoms with van der Waals surface area (Å²) in [5, 5.41) is 17.6. The highest BCUT2D eigenvalue weighted by molar-refractivity contribution is 6.12. The SMILES string of the molecule is C/C(=C\CN(C)C(=O)C(NC(=O)C(N(C)C)C(C)(C)C1=CCCC=C1)C(C)(C)C)C(=O)NC(CCC(=O)NCCN1C(=O)C=CC1=O)C(=O)O. The summed E-state index contributed by atoms with van der Waals surface area (Å²) in [6.07, 6.45) is 11.5. The summed E-state index contributed by atoms with van der Waals surface area (Å²) in [6.45, 7) is 11.1. The molecule has 0 bridgehead atoms. The van der Waals surface area contributed by atoms with Crippen molar-refractivity contribution in [2.45, 2.75) is 85.4 Å². The molecule has 3 unspecified atom stereocenters. The zero-order valence-corrected chi connectivity index (χ0v) is 30.8. The van der Waals surface area contributed by atoms with E-state index >= 15 is 0 Å². The fraction of sp³-hybridized carbons (Fsp3) is 0.583. The van der Waals surface area contributed by atoms with Crippen LogP contribution in [0.5, 0.6) is 0 Å². The van der Waals surface area contributed by atoms with E-state index in [1.165, 1.54) is 17.9 Å². The number of carbonyl (C=O) groups excluding carboxylic acids is 6. The maximum Gasteiger partial charge on any atom is 0.326 e. The normalized spacial score (nSPS) is 16.9. The largest absolute Gasteiger partial charge is 0.480 e. The van der Waals surface area contributed by atoms with E-state index in [2.05, 4.69) is 34.2 Å². The molecule has 4 N–H and O–H groups in total. The van der Waals surface area contributed by atoms with Crippen LogP contribution in [0.3, 0.4) is 0 Å². The molecule has 0 saturated heterocycles. The van der Waals surface area contributed by atoms with Crippen LogP contribution in [0.15, 0.2) is 47.6 Å². The highest BCUT2D eigenvalue weighted by atomic mass is 16.4. The van der Waals surface area contributed by atoms with Crippen LogP contribution in [-0.2, 0) is 33.6 Å². The van der Waals surface area contributed by atoms with Crippen molar-refractivity contribution >= 4 is 41.4 Å². The van der Waals surface area contributed by atoms with Gasteiger partial charge in [-0.1, -0.05) is 58.9 Å². The fourth-order valence-electron chi connectivity index (χ4n) is 5.86. The Labute approximate surface area is 295 Å². The Morgan fingerprint density at radius 1 is 0.960 bits per heavy atom. The third-order valence-corrected chi connectivity index (χ3v) is 8.81. The minimum absolute atomic E-state index is 0.0000164. The maximum atomic E-state index is 13.9. The molecule has 6 amide bonds. The lowest BCUT2D eigenvalue weighted by Crippen LogP contribution is -2.60. The van der Waals surface area contributed by atoms with Crippen molar-refractivity contribution in [2.24, 2.45) is 10.8 Å². The van der Waals surface area contributed by atoms with Gasteiger partial charge in [0.05, 0.1) is 6.04 Å². The Hall–Kier alpha value is -4.59. The van der Waals surface area contributed by atoms with Crippen LogP contribution >= 0.6 is 0 Å². The minimum atomic E-state index is -1.36. The fourth-order valence-corrected chi connectivity index (χ4v) is 5.86. The van der Waals surface area contributed by atoms with Gasteiger partial charge in [0, 0.05) is 56.2 Å². The number of hydrogen-bond acceptors (Lipinski definition) is 8. The summed E-state index contributed by atoms with van der Waals surface area (Å²) < 4.78 is 0. The summed E-state index contributed by atoms with van der Waals surface area (Å²) in [6, 6.07) is -2.81. The van der Waals surface area contributed by atoms with E-state index in [-0.39, 0.29) is 49.9 Å². The van der Waals surface area contributed by atoms with Gasteiger partial charge >= 0.3 is 5.97 Å². The van der Waals surface area contributed by atoms with E-state index in [0.29, 0.717) is 0 Å². The molecule has 0 aromatic heterocycles. The number of carbonyl (C=O) groups is 7. The zero-order chi connectivity index (χ0) is 38.0. The van der Waals surface area contributed by atoms with Gasteiger partial charge < -0.3 is 26.0 Å². The number of allylic oxidation sites excluding steroid dienone is 3. The summed E-state index contributed by atoms with van der Waals surface area (Å²) >= 11 is 0. The van der Waals surface area contributed by atoms with Gasteiger partial charge in [0.25, 0.3) is 11.8 Å². The molecule has 2 rings (SSSR count). The maximum absolute atomic E-state index is 13.9. The topological polar surface area (TPSA) is 186 Å². The van der Waals surface area contributed by atoms with E-state index in [1.807, 2.05) is 53.6 Å². The van der Waals surface area contributed by atoms with Gasteiger partial charge in [-0.2, -0.15) is 0 Å². The molecule has 276 valence electrons. The lowest BCUT2D eigenvalue weighted by Gasteiger charge is -2.41. The predicted molar refractivity (Wildman–Crippen MR) is 188 cm³/mol. The molecular formula is C36H54N6O8. The number of carboxylic acid groups (broad SMARTS) is 1. The number of imide groups is 1. The van der Waals surface area contributed by atoms with E-state index in [0.717, 1.165) is 35.5 Å². The molecule has 0 fully saturated rings. The number of nitrogens with one attached hydrogen (secondary N) is 3. The van der Waals surface area contributed by atoms with Gasteiger partial charge in [0.15, 0.2) is 0 Å². The van der Waals surface area contributed by atoms with Crippen molar-refractivity contribution in [2.75, 3.05) is 40.8 Å². The van der Waals surface area contributed by atoms with E-state index in [9.17, 15) is 38.7 Å². The molecule has 1 aliphatic heterocycles. The monoisotopic (exact) mass is 698 g/mol. The highest BCUT2D eigenvalue weighted by Gasteiger charge is 2.42. The molecule has 2 aliphatic rings. The van der Waals surface area contributed by atoms with Gasteiger partial charge in [-0.15, -0.1) is 0 Å². The van der Waals surface area contributed by atoms with Crippen LogP contribution in [0.1, 0.15) is 67.2 Å². The Balaban J connectivity index is 2.01. The second-order valence-electron chi connectivity index (χ2n) is 14.6. The molecule has 0 aromatic rings. The van der Waals surface area contributed by atoms with Crippen molar-refractivity contribution in [1.29, 1.82) is 0 Å². The molecule has 14 heteroatoms. The third-order valence-electron chi connectivity index (χ3n) is 8.81. The summed E-state index contributed by atoms with van der Waals surface area (Å²) in [5.41, 5.74) is 0.0300. The zero-order valence-electron chi connectivity index (χ0n) is 30.8. The van der Waals surface area contributed by atoms with Crippen molar-refractivity contribution < 1.29 is 38.7 Å². The summed E-state index contributed by atoms with van der Waals surface area (Å²) in [5.74, 6) is -4.10. The Kier molecular flexibility index (Phi) is 14.9. The number of hydrogen-bond donors (Lipinski definition) is 4. The smallest absolute Gasteiger partial charge is 0.326 e. The number of likely N-dealkylation sites (N-methyl/N-ethyl adjacent to an activating group) is 2. The quantitative estimate of drug-likeness (QED) is 0.129. The molecule has 3 atom stereocenters. The number of amides is 6. The molecule has 14 nitrogen and oxygen atoms in total. The number of carboxylic acids is 1. The first-order valence-electron chi connectivity index (χ1n) is 16.8. The molecule has 1 heterocycles. The number of nitrogens with zero attached hydrogens (tertiary/aromatic N) is 3. The van der Waals surface area contributed by atoms with Crippen LogP contribution in [0.4, 0.5) is 0 Å². The van der Waals surface area contributed by atoms with Gasteiger partial charge in [0.1, 0.15) is 12.1 Å². The van der Waals surface area contributed by atoms with Crippen LogP contribution in [0, 0.1) is 10.8 Å². The van der Waals surface area contributed by atoms with Crippen molar-refractivity contribution in [3.05, 3.63) is 47.6 Å². The average molecular weight is 699 g/mol. The second-order valence-corrected chi connectivity index (χ2v) is 14.6. The molecule has 0 radical (unpaired) electrons. The van der Waals surface area contributed by atoms with E-state index in [4.69, 9.17) is 0 Å². The summed E-state index contributed by atoms with van der Waals surface area (Å²) in [4.78, 5) is 92.0. The average Bonchev–Trinajstić information content (AvgIpc) is 3.35. The van der Waals surface area contributed by atoms with Gasteiger partial charge in [-0.05, 0) is 51.3 Å². The van der Waals surface area contributed by atoms with Gasteiger partial charge in [0.2, 0.25) is 23.6 Å². The standard InChI is InChI=1S/C36H54N6O8/c1-23(31(46)38-25(34(49)50)15-16-26(43)37-20-22-42-27(44)17-18-28(42)45)19-21-41(9)33(48)29(35(2,3)4)39-32(47)30(40(7)8)36(5,6)24-13-11-10-12-14-24/h11,13-14,17-19,25,29-30H,10,12,15-16,20-22H2,1-9H3,(H,37,43)(H,38,46)(H,39,47)(H,49,50)/b23-19+. The first kappa shape index (κ1) is 41.6. The molecule has 1 aliphatic carbocycles. The Morgan fingerprint density at radius 2 is 1.58 bits per heavy atom. The minimum Gasteiger partial charge on any atom is -0.480 e. The van der Waals surface area contributed by atoms with Crippen LogP contribution in [0.2, 0.25) is 0 Å². The lowest BCUT2D eigenvalue weighted by atomic mass is 9.74. The van der Waals surface area contributed by atoms with E-state index in [1.54, 1.807) is 7.05 Å². The molecule has 50 heavy (non-hydrogen) atoms. The van der Waals surface area contributed by atoms with Crippen LogP contribution in [0.25, 0.3) is 0 Å². The molecule has 0 aromatic carbocycles. The van der Waals surface area contributed by atoms with E-state index < -0.39 is 58.6 Å². The Bertz CT molecular complexity index is 1430. The van der Waals surface area contributed by atoms with Crippen molar-refractivity contribution in [3.63, 3.8) is 0 Å². The highest BCUT2D eigenvalue weighted by Crippen LogP contribution is 2.36. The molecular weight excluding hydrogens is 644 g/mol. The van der Waals surface area contributed by atoms with Crippen molar-refractivity contribution in [1.82, 2.24) is 30.7 Å². The predicted octanol–water partition coefficient (Wildman–Crippen LogP) is 1.55.